The lowest BCUT2D eigenvalue weighted by Crippen LogP contribution is -2.42. The first-order valence-corrected chi connectivity index (χ1v) is 7.55. The Hall–Kier alpha value is -3.01. The maximum absolute atomic E-state index is 13.4. The van der Waals surface area contributed by atoms with Gasteiger partial charge in [0, 0.05) is 18.0 Å². The highest BCUT2D eigenvalue weighted by atomic mass is 18.2. The topological polar surface area (TPSA) is 86.1 Å². The van der Waals surface area contributed by atoms with Crippen molar-refractivity contribution in [2.75, 3.05) is 13.1 Å². The molecule has 1 saturated heterocycles. The summed E-state index contributed by atoms with van der Waals surface area (Å²) in [7, 11) is 0. The number of benzene rings is 1. The van der Waals surface area contributed by atoms with Crippen molar-refractivity contribution in [2.24, 2.45) is 0 Å². The van der Waals surface area contributed by atoms with E-state index >= 15 is 0 Å². The lowest BCUT2D eigenvalue weighted by molar-refractivity contribution is -0.130. The number of nitriles is 1. The minimum Gasteiger partial charge on any atom is -0.343 e. The fourth-order valence-corrected chi connectivity index (χ4v) is 2.83. The van der Waals surface area contributed by atoms with Crippen LogP contribution in [0.25, 0.3) is 10.9 Å². The Morgan fingerprint density at radius 3 is 2.96 bits per heavy atom. The number of nitrogens with zero attached hydrogens (tertiary/aromatic N) is 3. The summed E-state index contributed by atoms with van der Waals surface area (Å²) in [4.78, 5) is 29.8. The molecule has 0 spiro atoms. The number of fused-ring (bicyclic) bond motifs is 1. The molecule has 1 fully saturated rings. The molecule has 0 unspecified atom stereocenters. The summed E-state index contributed by atoms with van der Waals surface area (Å²) in [5, 5.41) is 12.2. The molecule has 1 aromatic heterocycles. The normalized spacial score (nSPS) is 19.9. The van der Waals surface area contributed by atoms with E-state index in [4.69, 9.17) is 5.26 Å². The van der Waals surface area contributed by atoms with Gasteiger partial charge in [-0.1, -0.05) is 18.2 Å². The third-order valence-corrected chi connectivity index (χ3v) is 4.01. The van der Waals surface area contributed by atoms with E-state index in [2.05, 4.69) is 10.3 Å². The van der Waals surface area contributed by atoms with Crippen LogP contribution in [0.5, 0.6) is 0 Å². The molecule has 24 heavy (non-hydrogen) atoms. The number of rotatable bonds is 3. The average Bonchev–Trinajstić information content (AvgIpc) is 3.00. The smallest absolute Gasteiger partial charge is 0.252 e. The van der Waals surface area contributed by atoms with E-state index in [1.54, 1.807) is 24.3 Å². The van der Waals surface area contributed by atoms with Crippen molar-refractivity contribution in [3.8, 4) is 6.07 Å². The Balaban J connectivity index is 1.69. The second kappa shape index (κ2) is 6.62. The number of carbonyl (C=O) groups excluding carboxylic acids is 2. The molecule has 6 nitrogen and oxygen atoms in total. The number of likely N-dealkylation sites (tertiary alicyclic amines) is 1. The number of halogens is 1. The van der Waals surface area contributed by atoms with Gasteiger partial charge in [-0.05, 0) is 12.1 Å². The van der Waals surface area contributed by atoms with E-state index in [9.17, 15) is 14.0 Å². The molecule has 0 bridgehead atoms. The van der Waals surface area contributed by atoms with Crippen LogP contribution in [0, 0.1) is 11.3 Å². The monoisotopic (exact) mass is 325 g/mol. The van der Waals surface area contributed by atoms with Gasteiger partial charge in [0.2, 0.25) is 5.91 Å². The fraction of sp³-hybridized carbons (Fsp3) is 0.294. The molecule has 0 aliphatic carbocycles. The number of carbonyl (C=O) groups is 2. The van der Waals surface area contributed by atoms with Gasteiger partial charge in [-0.3, -0.25) is 14.6 Å². The van der Waals surface area contributed by atoms with Crippen LogP contribution < -0.4 is 5.32 Å². The van der Waals surface area contributed by atoms with Gasteiger partial charge in [0.15, 0.2) is 0 Å². The summed E-state index contributed by atoms with van der Waals surface area (Å²) >= 11 is 0. The molecule has 2 aromatic rings. The molecule has 122 valence electrons. The molecular weight excluding hydrogens is 310 g/mol. The van der Waals surface area contributed by atoms with Crippen LogP contribution >= 0.6 is 0 Å². The quantitative estimate of drug-likeness (QED) is 0.925. The van der Waals surface area contributed by atoms with E-state index in [1.807, 2.05) is 12.1 Å². The molecule has 3 rings (SSSR count). The molecule has 1 aliphatic heterocycles. The molecule has 7 heteroatoms. The summed E-state index contributed by atoms with van der Waals surface area (Å²) in [5.74, 6) is -0.875. The molecular formula is C17H15FN4O2. The van der Waals surface area contributed by atoms with Crippen LogP contribution in [0.15, 0.2) is 36.5 Å². The van der Waals surface area contributed by atoms with Crippen molar-refractivity contribution in [2.45, 2.75) is 18.6 Å². The zero-order valence-electron chi connectivity index (χ0n) is 12.8. The Bertz CT molecular complexity index is 827. The number of amides is 2. The number of pyridine rings is 1. The third-order valence-electron chi connectivity index (χ3n) is 4.01. The fourth-order valence-electron chi connectivity index (χ4n) is 2.83. The number of aromatic nitrogens is 1. The van der Waals surface area contributed by atoms with Crippen molar-refractivity contribution in [3.63, 3.8) is 0 Å². The Morgan fingerprint density at radius 2 is 2.17 bits per heavy atom. The molecule has 0 saturated carbocycles. The first kappa shape index (κ1) is 15.9. The number of para-hydroxylation sites is 1. The summed E-state index contributed by atoms with van der Waals surface area (Å²) < 4.78 is 13.4. The van der Waals surface area contributed by atoms with Gasteiger partial charge in [-0.2, -0.15) is 5.26 Å². The molecule has 1 aromatic carbocycles. The molecule has 1 aliphatic rings. The lowest BCUT2D eigenvalue weighted by atomic mass is 10.1. The van der Waals surface area contributed by atoms with Gasteiger partial charge in [-0.15, -0.1) is 0 Å². The number of hydrogen-bond donors (Lipinski definition) is 1. The molecule has 2 amide bonds. The van der Waals surface area contributed by atoms with E-state index in [0.29, 0.717) is 16.5 Å². The van der Waals surface area contributed by atoms with E-state index in [1.165, 1.54) is 11.1 Å². The van der Waals surface area contributed by atoms with Crippen LogP contribution in [0.3, 0.4) is 0 Å². The zero-order chi connectivity index (χ0) is 17.1. The summed E-state index contributed by atoms with van der Waals surface area (Å²) in [6.45, 7) is -0.383. The molecule has 2 heterocycles. The van der Waals surface area contributed by atoms with Gasteiger partial charge in [0.05, 0.1) is 30.2 Å². The van der Waals surface area contributed by atoms with Crippen molar-refractivity contribution in [1.82, 2.24) is 15.2 Å². The average molecular weight is 325 g/mol. The minimum atomic E-state index is -1.20. The van der Waals surface area contributed by atoms with E-state index < -0.39 is 24.0 Å². The second-order valence-electron chi connectivity index (χ2n) is 5.58. The second-order valence-corrected chi connectivity index (χ2v) is 5.58. The van der Waals surface area contributed by atoms with Crippen LogP contribution in [0.4, 0.5) is 4.39 Å². The van der Waals surface area contributed by atoms with Crippen LogP contribution in [0.2, 0.25) is 0 Å². The van der Waals surface area contributed by atoms with Crippen molar-refractivity contribution in [1.29, 1.82) is 5.26 Å². The van der Waals surface area contributed by atoms with Gasteiger partial charge in [0.25, 0.3) is 5.91 Å². The number of alkyl halides is 1. The highest BCUT2D eigenvalue weighted by Crippen LogP contribution is 2.20. The number of hydrogen-bond acceptors (Lipinski definition) is 4. The lowest BCUT2D eigenvalue weighted by Gasteiger charge is -2.19. The Labute approximate surface area is 137 Å². The van der Waals surface area contributed by atoms with Crippen LogP contribution in [0.1, 0.15) is 16.8 Å². The summed E-state index contributed by atoms with van der Waals surface area (Å²) in [6.07, 6.45) is 0.350. The third kappa shape index (κ3) is 3.04. The maximum Gasteiger partial charge on any atom is 0.252 e. The standard InChI is InChI=1S/C17H15FN4O2/c18-11-7-12(8-19)22(10-11)16(23)9-21-17(24)14-5-6-20-15-4-2-1-3-13(14)15/h1-6,11-12H,7,9-10H2,(H,21,24)/t11-,12-/m0/s1/i18-1. The van der Waals surface area contributed by atoms with Gasteiger partial charge in [0.1, 0.15) is 12.2 Å². The first-order chi connectivity index (χ1) is 11.6. The summed E-state index contributed by atoms with van der Waals surface area (Å²) in [6, 6.07) is 9.91. The van der Waals surface area contributed by atoms with Gasteiger partial charge in [-0.25, -0.2) is 4.39 Å². The molecule has 1 N–H and O–H groups in total. The maximum atomic E-state index is 13.4. The SMILES string of the molecule is N#C[C@@H]1C[C@H]([18F])CN1C(=O)CNC(=O)c1ccnc2ccccc12. The van der Waals surface area contributed by atoms with Crippen molar-refractivity contribution < 1.29 is 14.0 Å². The van der Waals surface area contributed by atoms with Crippen molar-refractivity contribution in [3.05, 3.63) is 42.1 Å². The minimum absolute atomic E-state index is 0.0190. The first-order valence-electron chi connectivity index (χ1n) is 7.55. The molecule has 0 radical (unpaired) electrons. The largest absolute Gasteiger partial charge is 0.343 e. The van der Waals surface area contributed by atoms with Crippen LogP contribution in [-0.2, 0) is 4.79 Å². The van der Waals surface area contributed by atoms with Gasteiger partial charge < -0.3 is 10.2 Å². The highest BCUT2D eigenvalue weighted by molar-refractivity contribution is 6.06. The van der Waals surface area contributed by atoms with Gasteiger partial charge >= 0.3 is 0 Å². The Kier molecular flexibility index (Phi) is 4.38. The van der Waals surface area contributed by atoms with Crippen LogP contribution in [-0.4, -0.2) is 47.0 Å². The number of nitrogens with one attached hydrogen (secondary N) is 1. The van der Waals surface area contributed by atoms with Crippen molar-refractivity contribution >= 4 is 22.7 Å². The highest BCUT2D eigenvalue weighted by Gasteiger charge is 2.35. The predicted molar refractivity (Wildman–Crippen MR) is 84.7 cm³/mol. The van der Waals surface area contributed by atoms with E-state index in [0.717, 1.165) is 0 Å². The predicted octanol–water partition coefficient (Wildman–Crippen LogP) is 1.43. The Morgan fingerprint density at radius 1 is 1.38 bits per heavy atom. The zero-order valence-corrected chi connectivity index (χ0v) is 12.8. The summed E-state index contributed by atoms with van der Waals surface area (Å²) in [5.41, 5.74) is 1.09. The molecule has 2 atom stereocenters. The van der Waals surface area contributed by atoms with E-state index in [-0.39, 0.29) is 19.5 Å².